The Balaban J connectivity index is 1.75. The molecule has 0 bridgehead atoms. The number of hydrogen-bond acceptors (Lipinski definition) is 4. The second kappa shape index (κ2) is 9.50. The Morgan fingerprint density at radius 2 is 1.86 bits per heavy atom. The summed E-state index contributed by atoms with van der Waals surface area (Å²) in [7, 11) is -3.12. The molecule has 1 atom stereocenters. The number of urea groups is 1. The number of nitrogens with one attached hydrogen (secondary N) is 1. The number of rotatable bonds is 7. The highest BCUT2D eigenvalue weighted by Crippen LogP contribution is 2.23. The van der Waals surface area contributed by atoms with Crippen LogP contribution in [0.15, 0.2) is 48.5 Å². The molecule has 2 amide bonds. The number of sulfone groups is 1. The van der Waals surface area contributed by atoms with Crippen molar-refractivity contribution in [3.8, 4) is 5.75 Å². The van der Waals surface area contributed by atoms with Gasteiger partial charge in [0.1, 0.15) is 5.75 Å². The van der Waals surface area contributed by atoms with E-state index in [1.807, 2.05) is 31.2 Å². The van der Waals surface area contributed by atoms with Crippen molar-refractivity contribution in [3.63, 3.8) is 0 Å². The third-order valence-corrected chi connectivity index (χ3v) is 6.76. The summed E-state index contributed by atoms with van der Waals surface area (Å²) >= 11 is 5.90. The van der Waals surface area contributed by atoms with Crippen molar-refractivity contribution in [2.24, 2.45) is 0 Å². The van der Waals surface area contributed by atoms with Crippen molar-refractivity contribution in [2.45, 2.75) is 32.4 Å². The molecule has 29 heavy (non-hydrogen) atoms. The summed E-state index contributed by atoms with van der Waals surface area (Å²) in [6.45, 7) is 3.00. The van der Waals surface area contributed by atoms with E-state index < -0.39 is 9.84 Å². The van der Waals surface area contributed by atoms with Crippen LogP contribution in [-0.4, -0.2) is 43.5 Å². The molecule has 1 aliphatic rings. The molecule has 8 heteroatoms. The fourth-order valence-electron chi connectivity index (χ4n) is 3.22. The largest absolute Gasteiger partial charge is 0.494 e. The molecule has 1 aliphatic heterocycles. The van der Waals surface area contributed by atoms with Gasteiger partial charge >= 0.3 is 6.03 Å². The van der Waals surface area contributed by atoms with Gasteiger partial charge in [0.25, 0.3) is 0 Å². The number of carbonyl (C=O) groups is 1. The van der Waals surface area contributed by atoms with E-state index in [1.165, 1.54) is 0 Å². The maximum absolute atomic E-state index is 13.0. The summed E-state index contributed by atoms with van der Waals surface area (Å²) in [5, 5.41) is 3.42. The monoisotopic (exact) mass is 436 g/mol. The van der Waals surface area contributed by atoms with Gasteiger partial charge in [-0.15, -0.1) is 0 Å². The Morgan fingerprint density at radius 1 is 1.17 bits per heavy atom. The predicted molar refractivity (Wildman–Crippen MR) is 115 cm³/mol. The first-order valence-electron chi connectivity index (χ1n) is 9.61. The first-order valence-corrected chi connectivity index (χ1v) is 11.8. The van der Waals surface area contributed by atoms with Gasteiger partial charge in [-0.2, -0.15) is 0 Å². The average Bonchev–Trinajstić information content (AvgIpc) is 3.06. The van der Waals surface area contributed by atoms with Crippen molar-refractivity contribution >= 4 is 33.2 Å². The maximum atomic E-state index is 13.0. The Labute approximate surface area is 176 Å². The van der Waals surface area contributed by atoms with Crippen molar-refractivity contribution in [3.05, 3.63) is 59.1 Å². The smallest absolute Gasteiger partial charge is 0.322 e. The number of carbonyl (C=O) groups excluding carboxylic acids is 1. The summed E-state index contributed by atoms with van der Waals surface area (Å²) in [6.07, 6.45) is 1.37. The van der Waals surface area contributed by atoms with Crippen LogP contribution in [0.2, 0.25) is 5.02 Å². The lowest BCUT2D eigenvalue weighted by atomic mass is 10.1. The van der Waals surface area contributed by atoms with E-state index in [0.717, 1.165) is 17.7 Å². The van der Waals surface area contributed by atoms with Crippen LogP contribution in [0.3, 0.4) is 0 Å². The fraction of sp³-hybridized carbons (Fsp3) is 0.381. The van der Waals surface area contributed by atoms with Gasteiger partial charge in [0.05, 0.1) is 18.1 Å². The quantitative estimate of drug-likeness (QED) is 0.700. The highest BCUT2D eigenvalue weighted by atomic mass is 35.5. The zero-order valence-corrected chi connectivity index (χ0v) is 17.9. The van der Waals surface area contributed by atoms with Crippen LogP contribution in [0.1, 0.15) is 25.3 Å². The summed E-state index contributed by atoms with van der Waals surface area (Å²) < 4.78 is 29.5. The van der Waals surface area contributed by atoms with Gasteiger partial charge in [-0.05, 0) is 54.8 Å². The van der Waals surface area contributed by atoms with Crippen LogP contribution < -0.4 is 10.1 Å². The molecule has 1 fully saturated rings. The standard InChI is InChI=1S/C21H25ClN2O4S/c1-2-12-28-20-9-3-16(4-10-20)14-24(19-11-13-29(26,27)15-19)21(25)23-18-7-5-17(22)6-8-18/h3-10,19H,2,11-15H2,1H3,(H,23,25). The van der Waals surface area contributed by atoms with Crippen molar-refractivity contribution in [1.82, 2.24) is 4.90 Å². The molecule has 156 valence electrons. The number of amides is 2. The molecule has 6 nitrogen and oxygen atoms in total. The molecule has 0 radical (unpaired) electrons. The molecule has 0 aliphatic carbocycles. The lowest BCUT2D eigenvalue weighted by Gasteiger charge is -2.28. The highest BCUT2D eigenvalue weighted by Gasteiger charge is 2.34. The number of benzene rings is 2. The Morgan fingerprint density at radius 3 is 2.45 bits per heavy atom. The van der Waals surface area contributed by atoms with E-state index in [0.29, 0.717) is 30.3 Å². The molecule has 1 heterocycles. The topological polar surface area (TPSA) is 75.7 Å². The van der Waals surface area contributed by atoms with Crippen molar-refractivity contribution < 1.29 is 17.9 Å². The van der Waals surface area contributed by atoms with Gasteiger partial charge < -0.3 is 15.0 Å². The molecule has 0 aromatic heterocycles. The summed E-state index contributed by atoms with van der Waals surface area (Å²) in [6, 6.07) is 13.6. The Kier molecular flexibility index (Phi) is 7.03. The Hall–Kier alpha value is -2.25. The normalized spacial score (nSPS) is 17.7. The Bertz CT molecular complexity index is 930. The highest BCUT2D eigenvalue weighted by molar-refractivity contribution is 7.91. The van der Waals surface area contributed by atoms with Gasteiger partial charge in [0, 0.05) is 23.3 Å². The zero-order chi connectivity index (χ0) is 20.9. The number of nitrogens with zero attached hydrogens (tertiary/aromatic N) is 1. The zero-order valence-electron chi connectivity index (χ0n) is 16.3. The van der Waals surface area contributed by atoms with Gasteiger partial charge in [0.15, 0.2) is 9.84 Å². The lowest BCUT2D eigenvalue weighted by Crippen LogP contribution is -2.43. The average molecular weight is 437 g/mol. The molecular formula is C21H25ClN2O4S. The van der Waals surface area contributed by atoms with E-state index in [2.05, 4.69) is 5.32 Å². The molecule has 3 rings (SSSR count). The molecule has 0 saturated carbocycles. The molecule has 1 saturated heterocycles. The summed E-state index contributed by atoms with van der Waals surface area (Å²) in [4.78, 5) is 14.6. The number of halogens is 1. The third-order valence-electron chi connectivity index (χ3n) is 4.75. The van der Waals surface area contributed by atoms with Gasteiger partial charge in [-0.1, -0.05) is 30.7 Å². The van der Waals surface area contributed by atoms with Crippen molar-refractivity contribution in [1.29, 1.82) is 0 Å². The summed E-state index contributed by atoms with van der Waals surface area (Å²) in [5.74, 6) is 0.862. The molecule has 0 spiro atoms. The summed E-state index contributed by atoms with van der Waals surface area (Å²) in [5.41, 5.74) is 1.51. The number of ether oxygens (including phenoxy) is 1. The molecule has 1 unspecified atom stereocenters. The second-order valence-electron chi connectivity index (χ2n) is 7.11. The van der Waals surface area contributed by atoms with E-state index in [-0.39, 0.29) is 23.6 Å². The van der Waals surface area contributed by atoms with E-state index in [4.69, 9.17) is 16.3 Å². The number of hydrogen-bond donors (Lipinski definition) is 1. The van der Waals surface area contributed by atoms with Gasteiger partial charge in [0.2, 0.25) is 0 Å². The third kappa shape index (κ3) is 6.11. The lowest BCUT2D eigenvalue weighted by molar-refractivity contribution is 0.190. The van der Waals surface area contributed by atoms with Gasteiger partial charge in [-0.25, -0.2) is 13.2 Å². The SMILES string of the molecule is CCCOc1ccc(CN(C(=O)Nc2ccc(Cl)cc2)C2CCS(=O)(=O)C2)cc1. The minimum Gasteiger partial charge on any atom is -0.494 e. The first-order chi connectivity index (χ1) is 13.9. The van der Waals surface area contributed by atoms with Crippen LogP contribution in [-0.2, 0) is 16.4 Å². The minimum absolute atomic E-state index is 0.0151. The first kappa shape index (κ1) is 21.5. The van der Waals surface area contributed by atoms with E-state index in [9.17, 15) is 13.2 Å². The van der Waals surface area contributed by atoms with E-state index >= 15 is 0 Å². The van der Waals surface area contributed by atoms with Crippen LogP contribution >= 0.6 is 11.6 Å². The van der Waals surface area contributed by atoms with Crippen LogP contribution in [0.4, 0.5) is 10.5 Å². The molecular weight excluding hydrogens is 412 g/mol. The van der Waals surface area contributed by atoms with Crippen LogP contribution in [0.5, 0.6) is 5.75 Å². The second-order valence-corrected chi connectivity index (χ2v) is 9.78. The van der Waals surface area contributed by atoms with Crippen LogP contribution in [0.25, 0.3) is 0 Å². The minimum atomic E-state index is -3.12. The van der Waals surface area contributed by atoms with Gasteiger partial charge in [-0.3, -0.25) is 0 Å². The number of anilines is 1. The van der Waals surface area contributed by atoms with E-state index in [1.54, 1.807) is 29.2 Å². The van der Waals surface area contributed by atoms with Crippen LogP contribution in [0, 0.1) is 0 Å². The molecule has 1 N–H and O–H groups in total. The molecule has 2 aromatic carbocycles. The predicted octanol–water partition coefficient (Wildman–Crippen LogP) is 4.35. The van der Waals surface area contributed by atoms with Crippen molar-refractivity contribution in [2.75, 3.05) is 23.4 Å². The fourth-order valence-corrected chi connectivity index (χ4v) is 5.08. The maximum Gasteiger partial charge on any atom is 0.322 e. The molecule has 2 aromatic rings.